The average Bonchev–Trinajstić information content (AvgIpc) is 2.77. The molecule has 2 unspecified atom stereocenters. The zero-order chi connectivity index (χ0) is 12.1. The van der Waals surface area contributed by atoms with Gasteiger partial charge < -0.3 is 4.74 Å². The van der Waals surface area contributed by atoms with E-state index in [0.29, 0.717) is 12.0 Å². The van der Waals surface area contributed by atoms with Crippen molar-refractivity contribution in [3.63, 3.8) is 0 Å². The lowest BCUT2D eigenvalue weighted by atomic mass is 9.81. The fourth-order valence-corrected chi connectivity index (χ4v) is 3.90. The topological polar surface area (TPSA) is 9.23 Å². The minimum absolute atomic E-state index is 0.433. The number of hydrogen-bond acceptors (Lipinski definition) is 1. The molecule has 4 rings (SSSR count). The molecule has 1 nitrogen and oxygen atoms in total. The molecule has 1 fully saturated rings. The van der Waals surface area contributed by atoms with Crippen molar-refractivity contribution in [3.8, 4) is 5.75 Å². The Bertz CT molecular complexity index is 620. The molecule has 0 spiro atoms. The molecule has 2 heteroatoms. The maximum Gasteiger partial charge on any atom is 0.124 e. The van der Waals surface area contributed by atoms with Crippen LogP contribution >= 0.6 is 15.9 Å². The minimum Gasteiger partial charge on any atom is -0.489 e. The molecule has 0 N–H and O–H groups in total. The van der Waals surface area contributed by atoms with E-state index >= 15 is 0 Å². The van der Waals surface area contributed by atoms with Crippen molar-refractivity contribution in [2.75, 3.05) is 0 Å². The first-order chi connectivity index (χ1) is 8.83. The summed E-state index contributed by atoms with van der Waals surface area (Å²) in [6, 6.07) is 10.9. The summed E-state index contributed by atoms with van der Waals surface area (Å²) in [5.41, 5.74) is 1.46. The van der Waals surface area contributed by atoms with Crippen molar-refractivity contribution >= 4 is 26.7 Å². The summed E-state index contributed by atoms with van der Waals surface area (Å²) < 4.78 is 7.28. The second-order valence-corrected chi connectivity index (χ2v) is 6.31. The summed E-state index contributed by atoms with van der Waals surface area (Å²) >= 11 is 3.55. The van der Waals surface area contributed by atoms with Crippen LogP contribution in [0, 0.1) is 0 Å². The Labute approximate surface area is 115 Å². The molecular weight excluding hydrogens is 288 g/mol. The first kappa shape index (κ1) is 10.9. The number of rotatable bonds is 0. The number of fused-ring (bicyclic) bond motifs is 5. The fraction of sp³-hybridized carbons (Fsp3) is 0.375. The lowest BCUT2D eigenvalue weighted by molar-refractivity contribution is 0.164. The van der Waals surface area contributed by atoms with Crippen LogP contribution in [0.1, 0.15) is 37.2 Å². The smallest absolute Gasteiger partial charge is 0.124 e. The summed E-state index contributed by atoms with van der Waals surface area (Å²) in [4.78, 5) is 0. The SMILES string of the molecule is Brc1ccc2c3c(ccc2c1)OC1CCCCC31. The van der Waals surface area contributed by atoms with Crippen LogP contribution in [0.4, 0.5) is 0 Å². The van der Waals surface area contributed by atoms with Crippen molar-refractivity contribution in [1.82, 2.24) is 0 Å². The van der Waals surface area contributed by atoms with Gasteiger partial charge in [0.1, 0.15) is 11.9 Å². The molecule has 0 aromatic heterocycles. The standard InChI is InChI=1S/C16H15BrO/c17-11-6-7-12-10(9-11)5-8-15-16(12)13-3-1-2-4-14(13)18-15/h5-9,13-14H,1-4H2. The highest BCUT2D eigenvalue weighted by Gasteiger charge is 2.37. The van der Waals surface area contributed by atoms with Gasteiger partial charge in [0.05, 0.1) is 0 Å². The van der Waals surface area contributed by atoms with Gasteiger partial charge in [-0.25, -0.2) is 0 Å². The first-order valence-corrected chi connectivity index (χ1v) is 7.51. The van der Waals surface area contributed by atoms with Gasteiger partial charge in [0, 0.05) is 16.0 Å². The zero-order valence-corrected chi connectivity index (χ0v) is 11.7. The quantitative estimate of drug-likeness (QED) is 0.664. The molecule has 0 radical (unpaired) electrons. The van der Waals surface area contributed by atoms with Gasteiger partial charge in [0.25, 0.3) is 0 Å². The number of benzene rings is 2. The molecular formula is C16H15BrO. The van der Waals surface area contributed by atoms with Crippen molar-refractivity contribution in [2.45, 2.75) is 37.7 Å². The van der Waals surface area contributed by atoms with Gasteiger partial charge >= 0.3 is 0 Å². The molecule has 2 aromatic carbocycles. The largest absolute Gasteiger partial charge is 0.489 e. The van der Waals surface area contributed by atoms with Gasteiger partial charge in [0.2, 0.25) is 0 Å². The monoisotopic (exact) mass is 302 g/mol. The van der Waals surface area contributed by atoms with E-state index in [9.17, 15) is 0 Å². The second kappa shape index (κ2) is 3.99. The van der Waals surface area contributed by atoms with Gasteiger partial charge in [-0.15, -0.1) is 0 Å². The van der Waals surface area contributed by atoms with E-state index in [2.05, 4.69) is 46.3 Å². The Morgan fingerprint density at radius 2 is 1.94 bits per heavy atom. The van der Waals surface area contributed by atoms with Crippen molar-refractivity contribution < 1.29 is 4.74 Å². The van der Waals surface area contributed by atoms with Crippen molar-refractivity contribution in [3.05, 3.63) is 40.4 Å². The van der Waals surface area contributed by atoms with Gasteiger partial charge in [-0.3, -0.25) is 0 Å². The van der Waals surface area contributed by atoms with Crippen LogP contribution < -0.4 is 4.74 Å². The van der Waals surface area contributed by atoms with Gasteiger partial charge in [-0.05, 0) is 48.2 Å². The lowest BCUT2D eigenvalue weighted by Gasteiger charge is -2.24. The third kappa shape index (κ3) is 1.51. The first-order valence-electron chi connectivity index (χ1n) is 6.72. The van der Waals surface area contributed by atoms with Crippen LogP contribution in [0.15, 0.2) is 34.8 Å². The molecule has 1 heterocycles. The van der Waals surface area contributed by atoms with E-state index in [1.54, 1.807) is 0 Å². The van der Waals surface area contributed by atoms with E-state index in [1.165, 1.54) is 42.0 Å². The molecule has 2 aliphatic rings. The van der Waals surface area contributed by atoms with Crippen molar-refractivity contribution in [2.24, 2.45) is 0 Å². The number of halogens is 1. The van der Waals surface area contributed by atoms with Gasteiger partial charge in [-0.1, -0.05) is 34.5 Å². The maximum absolute atomic E-state index is 6.14. The highest BCUT2D eigenvalue weighted by molar-refractivity contribution is 9.10. The molecule has 1 aliphatic heterocycles. The average molecular weight is 303 g/mol. The van der Waals surface area contributed by atoms with E-state index < -0.39 is 0 Å². The number of ether oxygens (including phenoxy) is 1. The van der Waals surface area contributed by atoms with Gasteiger partial charge in [0.15, 0.2) is 0 Å². The Hall–Kier alpha value is -1.02. The highest BCUT2D eigenvalue weighted by Crippen LogP contribution is 2.48. The summed E-state index contributed by atoms with van der Waals surface area (Å²) in [7, 11) is 0. The van der Waals surface area contributed by atoms with Crippen LogP contribution in [-0.2, 0) is 0 Å². The van der Waals surface area contributed by atoms with E-state index in [1.807, 2.05) is 0 Å². The predicted molar refractivity (Wildman–Crippen MR) is 77.3 cm³/mol. The fourth-order valence-electron chi connectivity index (χ4n) is 3.52. The molecule has 92 valence electrons. The Morgan fingerprint density at radius 3 is 2.89 bits per heavy atom. The molecule has 0 bridgehead atoms. The molecule has 1 saturated carbocycles. The third-order valence-electron chi connectivity index (χ3n) is 4.34. The summed E-state index contributed by atoms with van der Waals surface area (Å²) in [6.45, 7) is 0. The lowest BCUT2D eigenvalue weighted by Crippen LogP contribution is -2.22. The van der Waals surface area contributed by atoms with E-state index in [4.69, 9.17) is 4.74 Å². The normalized spacial score (nSPS) is 25.6. The maximum atomic E-state index is 6.14. The summed E-state index contributed by atoms with van der Waals surface area (Å²) in [5.74, 6) is 1.75. The minimum atomic E-state index is 0.433. The molecule has 18 heavy (non-hydrogen) atoms. The van der Waals surface area contributed by atoms with E-state index in [0.717, 1.165) is 10.2 Å². The molecule has 0 amide bonds. The predicted octanol–water partition coefficient (Wildman–Crippen LogP) is 5.02. The van der Waals surface area contributed by atoms with Crippen molar-refractivity contribution in [1.29, 1.82) is 0 Å². The van der Waals surface area contributed by atoms with Crippen LogP contribution in [-0.4, -0.2) is 6.10 Å². The molecule has 2 atom stereocenters. The third-order valence-corrected chi connectivity index (χ3v) is 4.83. The van der Waals surface area contributed by atoms with Crippen LogP contribution in [0.25, 0.3) is 10.8 Å². The molecule has 2 aromatic rings. The summed E-state index contributed by atoms with van der Waals surface area (Å²) in [6.07, 6.45) is 5.60. The molecule has 0 saturated heterocycles. The Morgan fingerprint density at radius 1 is 1.06 bits per heavy atom. The van der Waals surface area contributed by atoms with Crippen LogP contribution in [0.2, 0.25) is 0 Å². The Kier molecular flexibility index (Phi) is 2.41. The highest BCUT2D eigenvalue weighted by atomic mass is 79.9. The Balaban J connectivity index is 1.95. The molecule has 1 aliphatic carbocycles. The second-order valence-electron chi connectivity index (χ2n) is 5.39. The zero-order valence-electron chi connectivity index (χ0n) is 10.2. The van der Waals surface area contributed by atoms with Crippen LogP contribution in [0.5, 0.6) is 5.75 Å². The summed E-state index contributed by atoms with van der Waals surface area (Å²) in [5, 5.41) is 2.70. The van der Waals surface area contributed by atoms with Crippen LogP contribution in [0.3, 0.4) is 0 Å². The number of hydrogen-bond donors (Lipinski definition) is 0. The van der Waals surface area contributed by atoms with Gasteiger partial charge in [-0.2, -0.15) is 0 Å². The van der Waals surface area contributed by atoms with E-state index in [-0.39, 0.29) is 0 Å².